The number of phenolic OH excluding ortho intramolecular Hbond substituents is 1. The third-order valence-electron chi connectivity index (χ3n) is 5.63. The summed E-state index contributed by atoms with van der Waals surface area (Å²) in [5, 5.41) is 14.4. The monoisotopic (exact) mass is 510 g/mol. The van der Waals surface area contributed by atoms with Crippen molar-refractivity contribution in [2.45, 2.75) is 24.7 Å². The first-order valence-corrected chi connectivity index (χ1v) is 10.4. The highest BCUT2D eigenvalue weighted by atomic mass is 19.4. The van der Waals surface area contributed by atoms with E-state index < -0.39 is 40.6 Å². The summed E-state index contributed by atoms with van der Waals surface area (Å²) in [5.74, 6) is -1.70. The normalized spacial score (nSPS) is 12.2. The Morgan fingerprint density at radius 2 is 1.36 bits per heavy atom. The van der Waals surface area contributed by atoms with E-state index in [0.29, 0.717) is 24.3 Å². The Balaban J connectivity index is 2.16. The molecular weight excluding hydrogens is 490 g/mol. The highest BCUT2D eigenvalue weighted by Gasteiger charge is 2.72. The molecule has 5 nitrogen and oxygen atoms in total. The second kappa shape index (κ2) is 9.56. The zero-order valence-electron chi connectivity index (χ0n) is 18.9. The molecule has 1 amide bonds. The Labute approximate surface area is 201 Å². The Kier molecular flexibility index (Phi) is 7.06. The lowest BCUT2D eigenvalue weighted by atomic mass is 9.72. The minimum Gasteiger partial charge on any atom is -0.506 e. The number of anilines is 2. The predicted octanol–water partition coefficient (Wildman–Crippen LogP) is 6.30. The van der Waals surface area contributed by atoms with E-state index in [2.05, 4.69) is 10.6 Å². The van der Waals surface area contributed by atoms with Crippen LogP contribution < -0.4 is 10.6 Å². The van der Waals surface area contributed by atoms with Gasteiger partial charge in [-0.3, -0.25) is 9.59 Å². The van der Waals surface area contributed by atoms with E-state index in [1.807, 2.05) is 0 Å². The van der Waals surface area contributed by atoms with Gasteiger partial charge in [-0.2, -0.15) is 26.3 Å². The van der Waals surface area contributed by atoms with E-state index in [0.717, 1.165) is 18.2 Å². The predicted molar refractivity (Wildman–Crippen MR) is 121 cm³/mol. The number of carbonyl (C=O) groups is 2. The van der Waals surface area contributed by atoms with Gasteiger partial charge in [-0.25, -0.2) is 0 Å². The number of nitrogens with one attached hydrogen (secondary N) is 2. The number of Topliss-reactive ketones (excluding diaryl/α,β-unsaturated/α-hetero) is 1. The molecule has 3 aromatic rings. The Morgan fingerprint density at radius 3 is 1.94 bits per heavy atom. The van der Waals surface area contributed by atoms with Crippen LogP contribution in [0.4, 0.5) is 37.7 Å². The molecule has 0 aliphatic carbocycles. The lowest BCUT2D eigenvalue weighted by molar-refractivity contribution is -0.288. The van der Waals surface area contributed by atoms with Crippen molar-refractivity contribution in [1.82, 2.24) is 0 Å². The van der Waals surface area contributed by atoms with Crippen LogP contribution in [-0.2, 0) is 5.41 Å². The van der Waals surface area contributed by atoms with Crippen LogP contribution in [0.25, 0.3) is 0 Å². The van der Waals surface area contributed by atoms with Crippen molar-refractivity contribution in [2.24, 2.45) is 0 Å². The molecule has 190 valence electrons. The third-order valence-corrected chi connectivity index (χ3v) is 5.63. The van der Waals surface area contributed by atoms with Crippen molar-refractivity contribution in [3.05, 3.63) is 89.0 Å². The summed E-state index contributed by atoms with van der Waals surface area (Å²) in [6, 6.07) is 10.7. The standard InChI is InChI=1S/C25H20F6N2O3/c1-14(34)15-5-3-6-16(11-15)22(36)33-19-8-4-7-17(12-19)23(24(26,27)28,25(29,30)31)18-9-10-21(35)20(13-18)32-2/h3-13,32,35H,1-2H3,(H,33,36). The van der Waals surface area contributed by atoms with Gasteiger partial charge in [0.25, 0.3) is 5.91 Å². The van der Waals surface area contributed by atoms with Gasteiger partial charge in [0.2, 0.25) is 5.41 Å². The first-order valence-electron chi connectivity index (χ1n) is 10.4. The molecule has 3 N–H and O–H groups in total. The number of hydrogen-bond donors (Lipinski definition) is 3. The van der Waals surface area contributed by atoms with Crippen LogP contribution in [0, 0.1) is 0 Å². The van der Waals surface area contributed by atoms with Crippen LogP contribution in [0.15, 0.2) is 66.7 Å². The number of halogens is 6. The SMILES string of the molecule is CNc1cc(C(c2cccc(NC(=O)c3cccc(C(C)=O)c3)c2)(C(F)(F)F)C(F)(F)F)ccc1O. The quantitative estimate of drug-likeness (QED) is 0.207. The van der Waals surface area contributed by atoms with Gasteiger partial charge in [-0.1, -0.05) is 30.3 Å². The van der Waals surface area contributed by atoms with Crippen LogP contribution >= 0.6 is 0 Å². The summed E-state index contributed by atoms with van der Waals surface area (Å²) in [6.45, 7) is 1.27. The lowest BCUT2D eigenvalue weighted by Crippen LogP contribution is -2.54. The molecule has 0 saturated heterocycles. The van der Waals surface area contributed by atoms with Gasteiger partial charge >= 0.3 is 12.4 Å². The van der Waals surface area contributed by atoms with E-state index in [-0.39, 0.29) is 28.3 Å². The summed E-state index contributed by atoms with van der Waals surface area (Å²) in [6.07, 6.45) is -11.7. The minimum absolute atomic E-state index is 0.0109. The first kappa shape index (κ1) is 26.6. The second-order valence-electron chi connectivity index (χ2n) is 7.90. The molecule has 0 saturated carbocycles. The Hall–Kier alpha value is -4.02. The van der Waals surface area contributed by atoms with Gasteiger partial charge < -0.3 is 15.7 Å². The molecule has 0 aliphatic rings. The molecule has 11 heteroatoms. The smallest absolute Gasteiger partial charge is 0.411 e. The van der Waals surface area contributed by atoms with E-state index in [9.17, 15) is 41.0 Å². The number of alkyl halides is 6. The largest absolute Gasteiger partial charge is 0.506 e. The average Bonchev–Trinajstić information content (AvgIpc) is 2.79. The number of phenols is 1. The van der Waals surface area contributed by atoms with E-state index >= 15 is 0 Å². The highest BCUT2D eigenvalue weighted by Crippen LogP contribution is 2.57. The average molecular weight is 510 g/mol. The molecule has 36 heavy (non-hydrogen) atoms. The molecule has 0 spiro atoms. The number of amides is 1. The van der Waals surface area contributed by atoms with E-state index in [4.69, 9.17) is 0 Å². The molecule has 3 aromatic carbocycles. The minimum atomic E-state index is -5.86. The molecule has 0 heterocycles. The fourth-order valence-corrected chi connectivity index (χ4v) is 3.86. The molecule has 0 aliphatic heterocycles. The Bertz CT molecular complexity index is 1290. The maximum Gasteiger partial charge on any atom is 0.411 e. The summed E-state index contributed by atoms with van der Waals surface area (Å²) < 4.78 is 86.6. The zero-order valence-corrected chi connectivity index (χ0v) is 18.9. The van der Waals surface area contributed by atoms with Gasteiger partial charge in [0, 0.05) is 23.9 Å². The van der Waals surface area contributed by atoms with Gasteiger partial charge in [0.1, 0.15) is 5.75 Å². The number of ketones is 1. The van der Waals surface area contributed by atoms with Crippen molar-refractivity contribution in [2.75, 3.05) is 17.7 Å². The fraction of sp³-hybridized carbons (Fsp3) is 0.200. The fourth-order valence-electron chi connectivity index (χ4n) is 3.86. The second-order valence-corrected chi connectivity index (χ2v) is 7.90. The first-order chi connectivity index (χ1) is 16.7. The number of benzene rings is 3. The van der Waals surface area contributed by atoms with Gasteiger partial charge in [0.15, 0.2) is 5.78 Å². The van der Waals surface area contributed by atoms with Gasteiger partial charge in [0.05, 0.1) is 5.69 Å². The lowest BCUT2D eigenvalue weighted by Gasteiger charge is -2.38. The topological polar surface area (TPSA) is 78.4 Å². The maximum absolute atomic E-state index is 14.4. The van der Waals surface area contributed by atoms with Crippen LogP contribution in [0.1, 0.15) is 38.8 Å². The number of rotatable bonds is 6. The van der Waals surface area contributed by atoms with E-state index in [1.165, 1.54) is 38.2 Å². The molecule has 0 bridgehead atoms. The van der Waals surface area contributed by atoms with Crippen LogP contribution in [0.5, 0.6) is 5.75 Å². The zero-order chi connectivity index (χ0) is 26.9. The van der Waals surface area contributed by atoms with Crippen molar-refractivity contribution in [3.8, 4) is 5.75 Å². The van der Waals surface area contributed by atoms with Crippen molar-refractivity contribution in [3.63, 3.8) is 0 Å². The van der Waals surface area contributed by atoms with Crippen LogP contribution in [-0.4, -0.2) is 36.2 Å². The van der Waals surface area contributed by atoms with Gasteiger partial charge in [-0.15, -0.1) is 0 Å². The molecule has 0 fully saturated rings. The summed E-state index contributed by atoms with van der Waals surface area (Å²) in [4.78, 5) is 24.2. The van der Waals surface area contributed by atoms with Crippen LogP contribution in [0.2, 0.25) is 0 Å². The highest BCUT2D eigenvalue weighted by molar-refractivity contribution is 6.06. The molecule has 0 unspecified atom stereocenters. The van der Waals surface area contributed by atoms with Crippen molar-refractivity contribution in [1.29, 1.82) is 0 Å². The third kappa shape index (κ3) is 4.73. The Morgan fingerprint density at radius 1 is 0.778 bits per heavy atom. The summed E-state index contributed by atoms with van der Waals surface area (Å²) in [7, 11) is 1.24. The number of aromatic hydroxyl groups is 1. The molecule has 0 aromatic heterocycles. The van der Waals surface area contributed by atoms with Crippen LogP contribution in [0.3, 0.4) is 0 Å². The number of hydrogen-bond acceptors (Lipinski definition) is 4. The molecule has 3 rings (SSSR count). The summed E-state index contributed by atoms with van der Waals surface area (Å²) >= 11 is 0. The van der Waals surface area contributed by atoms with Crippen molar-refractivity contribution < 1.29 is 41.0 Å². The number of carbonyl (C=O) groups excluding carboxylic acids is 2. The summed E-state index contributed by atoms with van der Waals surface area (Å²) in [5.41, 5.74) is -7.31. The van der Waals surface area contributed by atoms with Gasteiger partial charge in [-0.05, 0) is 54.4 Å². The van der Waals surface area contributed by atoms with Crippen molar-refractivity contribution >= 4 is 23.1 Å². The molecule has 0 atom stereocenters. The maximum atomic E-state index is 14.4. The molecule has 0 radical (unpaired) electrons. The molecular formula is C25H20F6N2O3. The van der Waals surface area contributed by atoms with E-state index in [1.54, 1.807) is 0 Å².